The second-order valence-corrected chi connectivity index (χ2v) is 4.38. The van der Waals surface area contributed by atoms with E-state index in [1.807, 2.05) is 19.1 Å². The molecular weight excluding hydrogens is 210 g/mol. The van der Waals surface area contributed by atoms with E-state index >= 15 is 0 Å². The SMILES string of the molecule is CN(C)NC(CN)c1cccc2ccccc12. The van der Waals surface area contributed by atoms with Crippen LogP contribution >= 0.6 is 0 Å². The largest absolute Gasteiger partial charge is 0.329 e. The van der Waals surface area contributed by atoms with Gasteiger partial charge < -0.3 is 5.73 Å². The second kappa shape index (κ2) is 5.27. The number of fused-ring (bicyclic) bond motifs is 1. The van der Waals surface area contributed by atoms with Gasteiger partial charge in [0.05, 0.1) is 6.04 Å². The van der Waals surface area contributed by atoms with Gasteiger partial charge in [0.25, 0.3) is 0 Å². The predicted octanol–water partition coefficient (Wildman–Crippen LogP) is 1.91. The Morgan fingerprint density at radius 3 is 2.53 bits per heavy atom. The van der Waals surface area contributed by atoms with E-state index < -0.39 is 0 Å². The highest BCUT2D eigenvalue weighted by Crippen LogP contribution is 2.23. The molecule has 0 aliphatic rings. The molecule has 0 amide bonds. The standard InChI is InChI=1S/C14H19N3/c1-17(2)16-14(10-15)13-9-5-7-11-6-3-4-8-12(11)13/h3-9,14,16H,10,15H2,1-2H3. The maximum absolute atomic E-state index is 5.85. The molecule has 3 heteroatoms. The fourth-order valence-corrected chi connectivity index (χ4v) is 2.12. The zero-order valence-corrected chi connectivity index (χ0v) is 10.4. The molecule has 0 radical (unpaired) electrons. The van der Waals surface area contributed by atoms with Crippen LogP contribution in [0.2, 0.25) is 0 Å². The summed E-state index contributed by atoms with van der Waals surface area (Å²) in [4.78, 5) is 0. The highest BCUT2D eigenvalue weighted by molar-refractivity contribution is 5.86. The summed E-state index contributed by atoms with van der Waals surface area (Å²) in [6, 6.07) is 14.9. The van der Waals surface area contributed by atoms with Gasteiger partial charge in [-0.3, -0.25) is 0 Å². The third-order valence-corrected chi connectivity index (χ3v) is 2.85. The van der Waals surface area contributed by atoms with Crippen molar-refractivity contribution in [3.8, 4) is 0 Å². The minimum absolute atomic E-state index is 0.149. The van der Waals surface area contributed by atoms with E-state index in [0.717, 1.165) is 0 Å². The lowest BCUT2D eigenvalue weighted by molar-refractivity contribution is 0.246. The van der Waals surface area contributed by atoms with Crippen LogP contribution in [0.15, 0.2) is 42.5 Å². The Morgan fingerprint density at radius 2 is 1.82 bits per heavy atom. The van der Waals surface area contributed by atoms with E-state index in [0.29, 0.717) is 6.54 Å². The summed E-state index contributed by atoms with van der Waals surface area (Å²) in [5.74, 6) is 0. The number of benzene rings is 2. The number of rotatable bonds is 4. The number of hydrogen-bond donors (Lipinski definition) is 2. The molecule has 1 atom stereocenters. The van der Waals surface area contributed by atoms with Crippen molar-refractivity contribution in [2.75, 3.05) is 20.6 Å². The number of nitrogens with two attached hydrogens (primary N) is 1. The maximum atomic E-state index is 5.85. The summed E-state index contributed by atoms with van der Waals surface area (Å²) in [5.41, 5.74) is 10.5. The van der Waals surface area contributed by atoms with Gasteiger partial charge in [-0.05, 0) is 16.3 Å². The molecule has 0 saturated heterocycles. The Morgan fingerprint density at radius 1 is 1.12 bits per heavy atom. The number of nitrogens with zero attached hydrogens (tertiary/aromatic N) is 1. The normalized spacial score (nSPS) is 13.2. The van der Waals surface area contributed by atoms with Crippen molar-refractivity contribution in [3.63, 3.8) is 0 Å². The fourth-order valence-electron chi connectivity index (χ4n) is 2.12. The van der Waals surface area contributed by atoms with Gasteiger partial charge in [-0.1, -0.05) is 42.5 Å². The Labute approximate surface area is 102 Å². The molecule has 0 fully saturated rings. The number of nitrogens with one attached hydrogen (secondary N) is 1. The van der Waals surface area contributed by atoms with Gasteiger partial charge in [-0.15, -0.1) is 0 Å². The minimum atomic E-state index is 0.149. The molecule has 2 aromatic carbocycles. The summed E-state index contributed by atoms with van der Waals surface area (Å²) in [6.45, 7) is 0.576. The Hall–Kier alpha value is -1.42. The molecule has 2 rings (SSSR count). The Bertz CT molecular complexity index is 488. The molecule has 3 nitrogen and oxygen atoms in total. The Balaban J connectivity index is 2.46. The van der Waals surface area contributed by atoms with E-state index in [9.17, 15) is 0 Å². The molecule has 0 bridgehead atoms. The van der Waals surface area contributed by atoms with Gasteiger partial charge in [0.1, 0.15) is 0 Å². The number of hydrogen-bond acceptors (Lipinski definition) is 3. The van der Waals surface area contributed by atoms with Crippen molar-refractivity contribution in [1.29, 1.82) is 0 Å². The molecule has 90 valence electrons. The maximum Gasteiger partial charge on any atom is 0.0592 e. The zero-order chi connectivity index (χ0) is 12.3. The molecule has 0 saturated carbocycles. The van der Waals surface area contributed by atoms with Crippen molar-refractivity contribution in [3.05, 3.63) is 48.0 Å². The molecule has 3 N–H and O–H groups in total. The third-order valence-electron chi connectivity index (χ3n) is 2.85. The van der Waals surface area contributed by atoms with Gasteiger partial charge in [0, 0.05) is 20.6 Å². The van der Waals surface area contributed by atoms with Crippen molar-refractivity contribution < 1.29 is 0 Å². The van der Waals surface area contributed by atoms with Gasteiger partial charge >= 0.3 is 0 Å². The molecule has 0 aliphatic heterocycles. The first-order valence-electron chi connectivity index (χ1n) is 5.83. The van der Waals surface area contributed by atoms with E-state index in [-0.39, 0.29) is 6.04 Å². The first kappa shape index (κ1) is 12.0. The van der Waals surface area contributed by atoms with Crippen molar-refractivity contribution in [2.24, 2.45) is 5.73 Å². The van der Waals surface area contributed by atoms with Crippen LogP contribution in [-0.4, -0.2) is 25.6 Å². The fraction of sp³-hybridized carbons (Fsp3) is 0.286. The van der Waals surface area contributed by atoms with Crippen LogP contribution in [-0.2, 0) is 0 Å². The van der Waals surface area contributed by atoms with E-state index in [1.165, 1.54) is 16.3 Å². The first-order chi connectivity index (χ1) is 8.22. The lowest BCUT2D eigenvalue weighted by Gasteiger charge is -2.23. The van der Waals surface area contributed by atoms with Crippen molar-refractivity contribution >= 4 is 10.8 Å². The molecule has 17 heavy (non-hydrogen) atoms. The van der Waals surface area contributed by atoms with E-state index in [1.54, 1.807) is 0 Å². The zero-order valence-electron chi connectivity index (χ0n) is 10.4. The smallest absolute Gasteiger partial charge is 0.0592 e. The molecule has 0 heterocycles. The molecule has 0 spiro atoms. The van der Waals surface area contributed by atoms with Crippen molar-refractivity contribution in [2.45, 2.75) is 6.04 Å². The molecule has 2 aromatic rings. The minimum Gasteiger partial charge on any atom is -0.329 e. The van der Waals surface area contributed by atoms with Crippen LogP contribution in [0.1, 0.15) is 11.6 Å². The van der Waals surface area contributed by atoms with E-state index in [4.69, 9.17) is 5.73 Å². The van der Waals surface area contributed by atoms with Gasteiger partial charge in [0.2, 0.25) is 0 Å². The molecule has 0 aromatic heterocycles. The van der Waals surface area contributed by atoms with Gasteiger partial charge in [-0.25, -0.2) is 10.4 Å². The summed E-state index contributed by atoms with van der Waals surface area (Å²) in [7, 11) is 3.96. The monoisotopic (exact) mass is 229 g/mol. The highest BCUT2D eigenvalue weighted by atomic mass is 15.5. The number of hydrazine groups is 1. The quantitative estimate of drug-likeness (QED) is 0.787. The third kappa shape index (κ3) is 2.64. The lowest BCUT2D eigenvalue weighted by Crippen LogP contribution is -2.38. The predicted molar refractivity (Wildman–Crippen MR) is 72.6 cm³/mol. The van der Waals surface area contributed by atoms with Crippen LogP contribution in [0.4, 0.5) is 0 Å². The van der Waals surface area contributed by atoms with Crippen molar-refractivity contribution in [1.82, 2.24) is 10.4 Å². The average molecular weight is 229 g/mol. The second-order valence-electron chi connectivity index (χ2n) is 4.38. The topological polar surface area (TPSA) is 41.3 Å². The van der Waals surface area contributed by atoms with Crippen LogP contribution in [0, 0.1) is 0 Å². The van der Waals surface area contributed by atoms with E-state index in [2.05, 4.69) is 47.9 Å². The van der Waals surface area contributed by atoms with Gasteiger partial charge in [-0.2, -0.15) is 0 Å². The summed E-state index contributed by atoms with van der Waals surface area (Å²) in [5, 5.41) is 4.46. The molecule has 1 unspecified atom stereocenters. The van der Waals surface area contributed by atoms with Crippen LogP contribution in [0.3, 0.4) is 0 Å². The first-order valence-corrected chi connectivity index (χ1v) is 5.83. The molecule has 0 aliphatic carbocycles. The van der Waals surface area contributed by atoms with Crippen LogP contribution in [0.5, 0.6) is 0 Å². The highest BCUT2D eigenvalue weighted by Gasteiger charge is 2.12. The lowest BCUT2D eigenvalue weighted by atomic mass is 9.99. The molecular formula is C14H19N3. The Kier molecular flexibility index (Phi) is 3.74. The van der Waals surface area contributed by atoms with Gasteiger partial charge in [0.15, 0.2) is 0 Å². The average Bonchev–Trinajstić information content (AvgIpc) is 2.35. The van der Waals surface area contributed by atoms with Crippen LogP contribution in [0.25, 0.3) is 10.8 Å². The van der Waals surface area contributed by atoms with Crippen LogP contribution < -0.4 is 11.2 Å². The summed E-state index contributed by atoms with van der Waals surface area (Å²) < 4.78 is 0. The summed E-state index contributed by atoms with van der Waals surface area (Å²) in [6.07, 6.45) is 0. The summed E-state index contributed by atoms with van der Waals surface area (Å²) >= 11 is 0.